The zero-order chi connectivity index (χ0) is 9.80. The predicted octanol–water partition coefficient (Wildman–Crippen LogP) is 0.694. The molecule has 2 aliphatic heterocycles. The lowest BCUT2D eigenvalue weighted by Crippen LogP contribution is -2.38. The van der Waals surface area contributed by atoms with E-state index >= 15 is 0 Å². The summed E-state index contributed by atoms with van der Waals surface area (Å²) in [5, 5.41) is 0. The normalized spacial score (nSPS) is 31.1. The lowest BCUT2D eigenvalue weighted by Gasteiger charge is -2.32. The van der Waals surface area contributed by atoms with Crippen LogP contribution >= 0.6 is 0 Å². The van der Waals surface area contributed by atoms with Gasteiger partial charge in [0, 0.05) is 13.2 Å². The van der Waals surface area contributed by atoms with Crippen LogP contribution in [0.2, 0.25) is 0 Å². The van der Waals surface area contributed by atoms with Crippen molar-refractivity contribution in [1.82, 2.24) is 4.90 Å². The monoisotopic (exact) mass is 198 g/mol. The second-order valence-corrected chi connectivity index (χ2v) is 4.71. The summed E-state index contributed by atoms with van der Waals surface area (Å²) in [6.07, 6.45) is 3.85. The van der Waals surface area contributed by atoms with Gasteiger partial charge in [0.1, 0.15) is 0 Å². The van der Waals surface area contributed by atoms with Crippen LogP contribution in [0.1, 0.15) is 19.3 Å². The van der Waals surface area contributed by atoms with E-state index in [2.05, 4.69) is 4.90 Å². The molecule has 0 bridgehead atoms. The van der Waals surface area contributed by atoms with E-state index in [1.807, 2.05) is 0 Å². The molecule has 1 atom stereocenters. The van der Waals surface area contributed by atoms with Crippen LogP contribution < -0.4 is 5.73 Å². The Bertz CT molecular complexity index is 161. The van der Waals surface area contributed by atoms with Gasteiger partial charge in [-0.25, -0.2) is 0 Å². The van der Waals surface area contributed by atoms with Gasteiger partial charge in [0.15, 0.2) is 0 Å². The number of nitrogens with zero attached hydrogens (tertiary/aromatic N) is 1. The molecule has 1 unspecified atom stereocenters. The van der Waals surface area contributed by atoms with Gasteiger partial charge >= 0.3 is 0 Å². The van der Waals surface area contributed by atoms with E-state index in [-0.39, 0.29) is 0 Å². The van der Waals surface area contributed by atoms with Crippen molar-refractivity contribution >= 4 is 0 Å². The van der Waals surface area contributed by atoms with E-state index in [0.717, 1.165) is 31.6 Å². The van der Waals surface area contributed by atoms with Gasteiger partial charge in [-0.2, -0.15) is 0 Å². The quantitative estimate of drug-likeness (QED) is 0.725. The fourth-order valence-electron chi connectivity index (χ4n) is 2.50. The third-order valence-corrected chi connectivity index (χ3v) is 3.58. The van der Waals surface area contributed by atoms with E-state index < -0.39 is 0 Å². The minimum atomic E-state index is 0.783. The molecular weight excluding hydrogens is 176 g/mol. The molecule has 2 fully saturated rings. The fourth-order valence-corrected chi connectivity index (χ4v) is 2.50. The maximum Gasteiger partial charge on any atom is 0.0507 e. The van der Waals surface area contributed by atoms with Gasteiger partial charge in [-0.15, -0.1) is 0 Å². The Labute approximate surface area is 86.6 Å². The van der Waals surface area contributed by atoms with E-state index in [1.165, 1.54) is 38.9 Å². The van der Waals surface area contributed by atoms with E-state index in [1.54, 1.807) is 0 Å². The minimum Gasteiger partial charge on any atom is -0.381 e. The molecule has 0 saturated carbocycles. The fraction of sp³-hybridized carbons (Fsp3) is 1.00. The molecule has 0 radical (unpaired) electrons. The van der Waals surface area contributed by atoms with Gasteiger partial charge in [0.05, 0.1) is 6.61 Å². The molecular formula is C11H22N2O. The molecule has 2 N–H and O–H groups in total. The van der Waals surface area contributed by atoms with Gasteiger partial charge < -0.3 is 15.4 Å². The molecule has 3 nitrogen and oxygen atoms in total. The van der Waals surface area contributed by atoms with Crippen LogP contribution in [0.5, 0.6) is 0 Å². The lowest BCUT2D eigenvalue weighted by atomic mass is 9.96. The number of hydrogen-bond donors (Lipinski definition) is 1. The van der Waals surface area contributed by atoms with Gasteiger partial charge in [0.25, 0.3) is 0 Å². The molecule has 82 valence electrons. The first-order chi connectivity index (χ1) is 6.88. The molecule has 14 heavy (non-hydrogen) atoms. The molecule has 0 aliphatic carbocycles. The van der Waals surface area contributed by atoms with E-state index in [9.17, 15) is 0 Å². The molecule has 3 heteroatoms. The van der Waals surface area contributed by atoms with E-state index in [4.69, 9.17) is 10.5 Å². The standard InChI is InChI=1S/C11H22N2O/c12-7-10-1-4-13(5-2-10)8-11-3-6-14-9-11/h10-11H,1-9,12H2. The van der Waals surface area contributed by atoms with Crippen LogP contribution in [0.15, 0.2) is 0 Å². The van der Waals surface area contributed by atoms with Crippen LogP contribution in [0.4, 0.5) is 0 Å². The second-order valence-electron chi connectivity index (χ2n) is 4.71. The summed E-state index contributed by atoms with van der Waals surface area (Å²) in [4.78, 5) is 2.59. The summed E-state index contributed by atoms with van der Waals surface area (Å²) in [6.45, 7) is 6.58. The first-order valence-electron chi connectivity index (χ1n) is 5.88. The van der Waals surface area contributed by atoms with Crippen LogP contribution in [-0.4, -0.2) is 44.3 Å². The Morgan fingerprint density at radius 2 is 1.93 bits per heavy atom. The van der Waals surface area contributed by atoms with Crippen molar-refractivity contribution in [3.63, 3.8) is 0 Å². The third-order valence-electron chi connectivity index (χ3n) is 3.58. The number of piperidine rings is 1. The van der Waals surface area contributed by atoms with Gasteiger partial charge in [-0.05, 0) is 50.7 Å². The van der Waals surface area contributed by atoms with Crippen LogP contribution in [0.25, 0.3) is 0 Å². The summed E-state index contributed by atoms with van der Waals surface area (Å²) >= 11 is 0. The highest BCUT2D eigenvalue weighted by Crippen LogP contribution is 2.19. The van der Waals surface area contributed by atoms with Crippen molar-refractivity contribution in [2.24, 2.45) is 17.6 Å². The molecule has 0 aromatic carbocycles. The van der Waals surface area contributed by atoms with Crippen LogP contribution in [0, 0.1) is 11.8 Å². The van der Waals surface area contributed by atoms with Gasteiger partial charge in [-0.1, -0.05) is 0 Å². The highest BCUT2D eigenvalue weighted by Gasteiger charge is 2.22. The van der Waals surface area contributed by atoms with Gasteiger partial charge in [-0.3, -0.25) is 0 Å². The van der Waals surface area contributed by atoms with Crippen LogP contribution in [0.3, 0.4) is 0 Å². The Balaban J connectivity index is 1.67. The Hall–Kier alpha value is -0.120. The first-order valence-corrected chi connectivity index (χ1v) is 5.88. The Morgan fingerprint density at radius 3 is 2.50 bits per heavy atom. The second kappa shape index (κ2) is 5.10. The number of likely N-dealkylation sites (tertiary alicyclic amines) is 1. The molecule has 2 heterocycles. The maximum absolute atomic E-state index is 5.67. The molecule has 2 saturated heterocycles. The van der Waals surface area contributed by atoms with Crippen molar-refractivity contribution in [3.8, 4) is 0 Å². The number of ether oxygens (including phenoxy) is 1. The summed E-state index contributed by atoms with van der Waals surface area (Å²) in [7, 11) is 0. The van der Waals surface area contributed by atoms with Crippen molar-refractivity contribution < 1.29 is 4.74 Å². The predicted molar refractivity (Wildman–Crippen MR) is 57.1 cm³/mol. The zero-order valence-electron chi connectivity index (χ0n) is 8.95. The number of hydrogen-bond acceptors (Lipinski definition) is 3. The van der Waals surface area contributed by atoms with Crippen LogP contribution in [-0.2, 0) is 4.74 Å². The van der Waals surface area contributed by atoms with E-state index in [0.29, 0.717) is 0 Å². The third kappa shape index (κ3) is 2.69. The maximum atomic E-state index is 5.67. The van der Waals surface area contributed by atoms with Crippen molar-refractivity contribution in [1.29, 1.82) is 0 Å². The molecule has 2 rings (SSSR count). The zero-order valence-corrected chi connectivity index (χ0v) is 8.95. The number of rotatable bonds is 3. The number of nitrogens with two attached hydrogens (primary N) is 1. The topological polar surface area (TPSA) is 38.5 Å². The average Bonchev–Trinajstić information content (AvgIpc) is 2.72. The molecule has 0 spiro atoms. The van der Waals surface area contributed by atoms with Crippen molar-refractivity contribution in [2.75, 3.05) is 39.4 Å². The molecule has 0 aromatic heterocycles. The van der Waals surface area contributed by atoms with Gasteiger partial charge in [0.2, 0.25) is 0 Å². The van der Waals surface area contributed by atoms with Crippen molar-refractivity contribution in [3.05, 3.63) is 0 Å². The highest BCUT2D eigenvalue weighted by molar-refractivity contribution is 4.76. The lowest BCUT2D eigenvalue weighted by molar-refractivity contribution is 0.142. The summed E-state index contributed by atoms with van der Waals surface area (Å²) < 4.78 is 5.39. The minimum absolute atomic E-state index is 0.783. The first kappa shape index (κ1) is 10.4. The Morgan fingerprint density at radius 1 is 1.14 bits per heavy atom. The summed E-state index contributed by atoms with van der Waals surface area (Å²) in [6, 6.07) is 0. The Kier molecular flexibility index (Phi) is 3.79. The summed E-state index contributed by atoms with van der Waals surface area (Å²) in [5.74, 6) is 1.58. The highest BCUT2D eigenvalue weighted by atomic mass is 16.5. The summed E-state index contributed by atoms with van der Waals surface area (Å²) in [5.41, 5.74) is 5.67. The molecule has 0 aromatic rings. The molecule has 2 aliphatic rings. The smallest absolute Gasteiger partial charge is 0.0507 e. The molecule has 0 amide bonds. The van der Waals surface area contributed by atoms with Crippen molar-refractivity contribution in [2.45, 2.75) is 19.3 Å². The average molecular weight is 198 g/mol. The largest absolute Gasteiger partial charge is 0.381 e. The SMILES string of the molecule is NCC1CCN(CC2CCOC2)CC1.